The highest BCUT2D eigenvalue weighted by atomic mass is 79.9. The van der Waals surface area contributed by atoms with Crippen molar-refractivity contribution in [1.29, 1.82) is 0 Å². The van der Waals surface area contributed by atoms with E-state index in [0.29, 0.717) is 10.6 Å². The molecule has 0 unspecified atom stereocenters. The summed E-state index contributed by atoms with van der Waals surface area (Å²) in [5, 5.41) is 4.72. The van der Waals surface area contributed by atoms with Crippen LogP contribution in [-0.4, -0.2) is 16.7 Å². The molecule has 0 aliphatic heterocycles. The third kappa shape index (κ3) is 3.93. The van der Waals surface area contributed by atoms with Crippen LogP contribution in [0.25, 0.3) is 5.69 Å². The van der Waals surface area contributed by atoms with E-state index >= 15 is 0 Å². The van der Waals surface area contributed by atoms with Gasteiger partial charge in [0.1, 0.15) is 0 Å². The number of hydrogen-bond donors (Lipinski definition) is 1. The standard InChI is InChI=1S/C18H13BrClN3O/c19-14-4-1-3-13(11-14)18(24)22-21-12-17-5-2-10-23(17)16-8-6-15(20)7-9-16/h1-12H,(H,22,24)/b21-12-. The van der Waals surface area contributed by atoms with Gasteiger partial charge in [0, 0.05) is 26.9 Å². The van der Waals surface area contributed by atoms with Crippen molar-refractivity contribution < 1.29 is 4.79 Å². The summed E-state index contributed by atoms with van der Waals surface area (Å²) in [6.07, 6.45) is 3.52. The number of amides is 1. The lowest BCUT2D eigenvalue weighted by Crippen LogP contribution is -2.17. The van der Waals surface area contributed by atoms with Gasteiger partial charge in [0.15, 0.2) is 0 Å². The quantitative estimate of drug-likeness (QED) is 0.501. The molecule has 1 heterocycles. The van der Waals surface area contributed by atoms with E-state index in [-0.39, 0.29) is 5.91 Å². The van der Waals surface area contributed by atoms with Crippen LogP contribution in [0.5, 0.6) is 0 Å². The van der Waals surface area contributed by atoms with Gasteiger partial charge in [0.05, 0.1) is 11.9 Å². The van der Waals surface area contributed by atoms with Crippen LogP contribution >= 0.6 is 27.5 Å². The van der Waals surface area contributed by atoms with Crippen LogP contribution in [0.3, 0.4) is 0 Å². The van der Waals surface area contributed by atoms with Gasteiger partial charge >= 0.3 is 0 Å². The monoisotopic (exact) mass is 401 g/mol. The molecule has 0 atom stereocenters. The van der Waals surface area contributed by atoms with Crippen LogP contribution in [0, 0.1) is 0 Å². The summed E-state index contributed by atoms with van der Waals surface area (Å²) >= 11 is 9.25. The molecule has 6 heteroatoms. The maximum atomic E-state index is 12.1. The molecule has 1 N–H and O–H groups in total. The van der Waals surface area contributed by atoms with Gasteiger partial charge in [-0.05, 0) is 54.6 Å². The van der Waals surface area contributed by atoms with E-state index in [1.807, 2.05) is 53.2 Å². The fourth-order valence-electron chi connectivity index (χ4n) is 2.19. The number of aromatic nitrogens is 1. The Morgan fingerprint density at radius 2 is 1.92 bits per heavy atom. The fraction of sp³-hybridized carbons (Fsp3) is 0. The first-order chi connectivity index (χ1) is 11.6. The Hall–Kier alpha value is -2.37. The largest absolute Gasteiger partial charge is 0.316 e. The van der Waals surface area contributed by atoms with E-state index in [1.54, 1.807) is 24.4 Å². The molecule has 1 amide bonds. The zero-order valence-corrected chi connectivity index (χ0v) is 14.8. The van der Waals surface area contributed by atoms with Crippen LogP contribution < -0.4 is 5.43 Å². The van der Waals surface area contributed by atoms with E-state index in [2.05, 4.69) is 26.5 Å². The van der Waals surface area contributed by atoms with E-state index in [1.165, 1.54) is 0 Å². The van der Waals surface area contributed by atoms with Crippen LogP contribution in [-0.2, 0) is 0 Å². The number of nitrogens with one attached hydrogen (secondary N) is 1. The number of carbonyl (C=O) groups is 1. The molecular weight excluding hydrogens is 390 g/mol. The van der Waals surface area contributed by atoms with Gasteiger partial charge in [0.25, 0.3) is 5.91 Å². The Kier molecular flexibility index (Phi) is 5.13. The number of nitrogens with zero attached hydrogens (tertiary/aromatic N) is 2. The van der Waals surface area contributed by atoms with Crippen LogP contribution in [0.15, 0.2) is 76.4 Å². The Labute approximate surface area is 152 Å². The lowest BCUT2D eigenvalue weighted by Gasteiger charge is -2.06. The highest BCUT2D eigenvalue weighted by molar-refractivity contribution is 9.10. The van der Waals surface area contributed by atoms with Crippen molar-refractivity contribution in [3.05, 3.63) is 87.6 Å². The molecule has 24 heavy (non-hydrogen) atoms. The first kappa shape index (κ1) is 16.5. The Bertz CT molecular complexity index is 887. The average molecular weight is 403 g/mol. The fourth-order valence-corrected chi connectivity index (χ4v) is 2.71. The summed E-state index contributed by atoms with van der Waals surface area (Å²) in [5.41, 5.74) is 4.87. The Morgan fingerprint density at radius 3 is 2.67 bits per heavy atom. The second-order valence-electron chi connectivity index (χ2n) is 4.99. The number of hydrogen-bond acceptors (Lipinski definition) is 2. The zero-order valence-electron chi connectivity index (χ0n) is 12.5. The predicted molar refractivity (Wildman–Crippen MR) is 100.0 cm³/mol. The molecule has 0 saturated heterocycles. The van der Waals surface area contributed by atoms with Crippen LogP contribution in [0.4, 0.5) is 0 Å². The molecular formula is C18H13BrClN3O. The van der Waals surface area contributed by atoms with Gasteiger partial charge in [-0.1, -0.05) is 33.6 Å². The van der Waals surface area contributed by atoms with Gasteiger partial charge in [-0.3, -0.25) is 4.79 Å². The zero-order chi connectivity index (χ0) is 16.9. The molecule has 0 aliphatic rings. The molecule has 0 aliphatic carbocycles. The molecule has 0 radical (unpaired) electrons. The van der Waals surface area contributed by atoms with Crippen molar-refractivity contribution in [3.63, 3.8) is 0 Å². The highest BCUT2D eigenvalue weighted by Gasteiger charge is 2.05. The minimum atomic E-state index is -0.267. The van der Waals surface area contributed by atoms with Gasteiger partial charge in [0.2, 0.25) is 0 Å². The average Bonchev–Trinajstić information content (AvgIpc) is 3.04. The highest BCUT2D eigenvalue weighted by Crippen LogP contribution is 2.15. The summed E-state index contributed by atoms with van der Waals surface area (Å²) in [6, 6.07) is 18.4. The minimum Gasteiger partial charge on any atom is -0.316 e. The van der Waals surface area contributed by atoms with E-state index in [0.717, 1.165) is 15.9 Å². The van der Waals surface area contributed by atoms with Crippen molar-refractivity contribution in [2.24, 2.45) is 5.10 Å². The SMILES string of the molecule is O=C(N/N=C\c1cccn1-c1ccc(Cl)cc1)c1cccc(Br)c1. The minimum absolute atomic E-state index is 0.267. The molecule has 3 aromatic rings. The summed E-state index contributed by atoms with van der Waals surface area (Å²) in [6.45, 7) is 0. The topological polar surface area (TPSA) is 46.4 Å². The maximum absolute atomic E-state index is 12.1. The summed E-state index contributed by atoms with van der Waals surface area (Å²) in [7, 11) is 0. The van der Waals surface area contributed by atoms with Crippen LogP contribution in [0.2, 0.25) is 5.02 Å². The lowest BCUT2D eigenvalue weighted by molar-refractivity contribution is 0.0955. The third-order valence-corrected chi connectivity index (χ3v) is 4.08. The Morgan fingerprint density at radius 1 is 1.12 bits per heavy atom. The van der Waals surface area contributed by atoms with Crippen molar-refractivity contribution in [2.75, 3.05) is 0 Å². The molecule has 0 saturated carbocycles. The van der Waals surface area contributed by atoms with E-state index < -0.39 is 0 Å². The van der Waals surface area contributed by atoms with Crippen LogP contribution in [0.1, 0.15) is 16.1 Å². The molecule has 4 nitrogen and oxygen atoms in total. The van der Waals surface area contributed by atoms with Crippen molar-refractivity contribution >= 4 is 39.7 Å². The maximum Gasteiger partial charge on any atom is 0.271 e. The molecule has 0 spiro atoms. The Balaban J connectivity index is 1.73. The first-order valence-electron chi connectivity index (χ1n) is 7.16. The number of carbonyl (C=O) groups excluding carboxylic acids is 1. The van der Waals surface area contributed by atoms with Gasteiger partial charge in [-0.2, -0.15) is 5.10 Å². The molecule has 1 aromatic heterocycles. The van der Waals surface area contributed by atoms with E-state index in [4.69, 9.17) is 11.6 Å². The summed E-state index contributed by atoms with van der Waals surface area (Å²) < 4.78 is 2.79. The van der Waals surface area contributed by atoms with Gasteiger partial charge in [-0.15, -0.1) is 0 Å². The summed E-state index contributed by atoms with van der Waals surface area (Å²) in [4.78, 5) is 12.1. The van der Waals surface area contributed by atoms with Crippen molar-refractivity contribution in [2.45, 2.75) is 0 Å². The molecule has 0 fully saturated rings. The van der Waals surface area contributed by atoms with Gasteiger partial charge < -0.3 is 4.57 Å². The molecule has 2 aromatic carbocycles. The third-order valence-electron chi connectivity index (χ3n) is 3.33. The number of benzene rings is 2. The first-order valence-corrected chi connectivity index (χ1v) is 8.33. The molecule has 3 rings (SSSR count). The second-order valence-corrected chi connectivity index (χ2v) is 6.34. The number of halogens is 2. The number of rotatable bonds is 4. The number of hydrazone groups is 1. The van der Waals surface area contributed by atoms with E-state index in [9.17, 15) is 4.79 Å². The molecule has 0 bridgehead atoms. The second kappa shape index (κ2) is 7.47. The van der Waals surface area contributed by atoms with Crippen molar-refractivity contribution in [3.8, 4) is 5.69 Å². The van der Waals surface area contributed by atoms with Gasteiger partial charge in [-0.25, -0.2) is 5.43 Å². The molecule has 120 valence electrons. The predicted octanol–water partition coefficient (Wildman–Crippen LogP) is 4.66. The smallest absolute Gasteiger partial charge is 0.271 e. The summed E-state index contributed by atoms with van der Waals surface area (Å²) in [5.74, 6) is -0.267. The normalized spacial score (nSPS) is 10.9. The lowest BCUT2D eigenvalue weighted by atomic mass is 10.2. The van der Waals surface area contributed by atoms with Crippen molar-refractivity contribution in [1.82, 2.24) is 9.99 Å².